The van der Waals surface area contributed by atoms with Gasteiger partial charge in [0.25, 0.3) is 0 Å². The second-order valence-corrected chi connectivity index (χ2v) is 3.83. The Morgan fingerprint density at radius 3 is 2.60 bits per heavy atom. The molecule has 0 radical (unpaired) electrons. The van der Waals surface area contributed by atoms with Gasteiger partial charge in [-0.25, -0.2) is 0 Å². The molecule has 15 heavy (non-hydrogen) atoms. The van der Waals surface area contributed by atoms with Gasteiger partial charge >= 0.3 is 0 Å². The molecule has 0 N–H and O–H groups in total. The molecule has 0 heterocycles. The highest BCUT2D eigenvalue weighted by molar-refractivity contribution is 7.81. The first-order valence-corrected chi connectivity index (χ1v) is 5.18. The van der Waals surface area contributed by atoms with Gasteiger partial charge in [-0.1, -0.05) is 54.7 Å². The Hall–Kier alpha value is -1.54. The van der Waals surface area contributed by atoms with Crippen LogP contribution in [0.15, 0.2) is 48.1 Å². The highest BCUT2D eigenvalue weighted by Gasteiger charge is 2.13. The third-order valence-corrected chi connectivity index (χ3v) is 2.77. The summed E-state index contributed by atoms with van der Waals surface area (Å²) in [6.45, 7) is 0. The van der Waals surface area contributed by atoms with Gasteiger partial charge in [-0.05, 0) is 11.1 Å². The normalized spacial score (nSPS) is 15.6. The molecule has 0 unspecified atom stereocenters. The second kappa shape index (κ2) is 4.32. The van der Waals surface area contributed by atoms with E-state index in [0.29, 0.717) is 12.0 Å². The molecular weight excluding hydrogens is 204 g/mol. The maximum atomic E-state index is 11.0. The van der Waals surface area contributed by atoms with E-state index >= 15 is 0 Å². The van der Waals surface area contributed by atoms with Crippen LogP contribution in [0.25, 0.3) is 5.57 Å². The first kappa shape index (κ1) is 9.99. The van der Waals surface area contributed by atoms with E-state index in [1.54, 1.807) is 0 Å². The third-order valence-electron chi connectivity index (χ3n) is 2.38. The number of allylic oxidation sites excluding steroid dienone is 4. The van der Waals surface area contributed by atoms with Crippen molar-refractivity contribution in [1.29, 1.82) is 0 Å². The molecule has 0 saturated carbocycles. The molecule has 0 spiro atoms. The fourth-order valence-electron chi connectivity index (χ4n) is 1.63. The van der Waals surface area contributed by atoms with E-state index in [0.717, 1.165) is 22.3 Å². The van der Waals surface area contributed by atoms with Crippen LogP contribution in [0.4, 0.5) is 0 Å². The first-order valence-electron chi connectivity index (χ1n) is 4.77. The minimum Gasteiger partial charge on any atom is -0.298 e. The summed E-state index contributed by atoms with van der Waals surface area (Å²) in [5.74, 6) is 0. The molecule has 2 heteroatoms. The Morgan fingerprint density at radius 1 is 1.20 bits per heavy atom. The highest BCUT2D eigenvalue weighted by Crippen LogP contribution is 2.24. The van der Waals surface area contributed by atoms with Crippen LogP contribution in [-0.2, 0) is 4.79 Å². The summed E-state index contributed by atoms with van der Waals surface area (Å²) in [5.41, 5.74) is 2.62. The Labute approximate surface area is 94.1 Å². The van der Waals surface area contributed by atoms with Gasteiger partial charge in [0.2, 0.25) is 0 Å². The molecule has 0 aliphatic heterocycles. The first-order chi connectivity index (χ1) is 7.33. The lowest BCUT2D eigenvalue weighted by molar-refractivity contribution is -0.104. The zero-order valence-electron chi connectivity index (χ0n) is 8.14. The van der Waals surface area contributed by atoms with E-state index in [-0.39, 0.29) is 0 Å². The number of hydrogen-bond donors (Lipinski definition) is 0. The zero-order valence-corrected chi connectivity index (χ0v) is 8.96. The van der Waals surface area contributed by atoms with Crippen LogP contribution in [0.5, 0.6) is 0 Å². The number of aldehydes is 1. The summed E-state index contributed by atoms with van der Waals surface area (Å²) in [4.78, 5) is 11.7. The Kier molecular flexibility index (Phi) is 2.88. The van der Waals surface area contributed by atoms with Crippen molar-refractivity contribution in [2.45, 2.75) is 6.42 Å². The van der Waals surface area contributed by atoms with Crippen LogP contribution in [0.1, 0.15) is 12.0 Å². The lowest BCUT2D eigenvalue weighted by Gasteiger charge is -2.12. The quantitative estimate of drug-likeness (QED) is 0.556. The lowest BCUT2D eigenvalue weighted by atomic mass is 9.93. The SMILES string of the molecule is O=CC1=C(c2ccccc2)C=CCC1=S. The molecular formula is C13H10OS. The van der Waals surface area contributed by atoms with Gasteiger partial charge in [-0.15, -0.1) is 0 Å². The van der Waals surface area contributed by atoms with Crippen molar-refractivity contribution in [1.82, 2.24) is 0 Å². The Bertz CT molecular complexity index is 455. The van der Waals surface area contributed by atoms with Gasteiger partial charge < -0.3 is 0 Å². The van der Waals surface area contributed by atoms with Crippen molar-refractivity contribution in [3.05, 3.63) is 53.6 Å². The second-order valence-electron chi connectivity index (χ2n) is 3.34. The van der Waals surface area contributed by atoms with Crippen LogP contribution < -0.4 is 0 Å². The average molecular weight is 214 g/mol. The number of rotatable bonds is 2. The molecule has 2 rings (SSSR count). The Morgan fingerprint density at radius 2 is 1.93 bits per heavy atom. The molecule has 0 amide bonds. The summed E-state index contributed by atoms with van der Waals surface area (Å²) in [6, 6.07) is 9.83. The van der Waals surface area contributed by atoms with Gasteiger partial charge in [-0.3, -0.25) is 4.79 Å². The van der Waals surface area contributed by atoms with Crippen LogP contribution in [0, 0.1) is 0 Å². The summed E-state index contributed by atoms with van der Waals surface area (Å²) in [7, 11) is 0. The molecule has 0 fully saturated rings. The molecule has 1 nitrogen and oxygen atoms in total. The summed E-state index contributed by atoms with van der Waals surface area (Å²) >= 11 is 5.16. The molecule has 0 saturated heterocycles. The zero-order chi connectivity index (χ0) is 10.7. The number of carbonyl (C=O) groups excluding carboxylic acids is 1. The van der Waals surface area contributed by atoms with Crippen LogP contribution in [0.3, 0.4) is 0 Å². The predicted molar refractivity (Wildman–Crippen MR) is 65.8 cm³/mol. The van der Waals surface area contributed by atoms with E-state index < -0.39 is 0 Å². The van der Waals surface area contributed by atoms with Crippen molar-refractivity contribution >= 4 is 28.9 Å². The molecule has 0 atom stereocenters. The average Bonchev–Trinajstić information content (AvgIpc) is 2.30. The number of carbonyl (C=O) groups is 1. The number of hydrogen-bond acceptors (Lipinski definition) is 2. The molecule has 1 aliphatic rings. The largest absolute Gasteiger partial charge is 0.298 e. The van der Waals surface area contributed by atoms with E-state index in [2.05, 4.69) is 0 Å². The van der Waals surface area contributed by atoms with Crippen molar-refractivity contribution in [3.8, 4) is 0 Å². The van der Waals surface area contributed by atoms with Gasteiger partial charge in [0.1, 0.15) is 0 Å². The van der Waals surface area contributed by atoms with E-state index in [1.165, 1.54) is 0 Å². The highest BCUT2D eigenvalue weighted by atomic mass is 32.1. The monoisotopic (exact) mass is 214 g/mol. The van der Waals surface area contributed by atoms with Gasteiger partial charge in [-0.2, -0.15) is 0 Å². The Balaban J connectivity index is 2.55. The molecule has 74 valence electrons. The standard InChI is InChI=1S/C13H10OS/c14-9-12-11(7-4-8-13(12)15)10-5-2-1-3-6-10/h1-7,9H,8H2. The van der Waals surface area contributed by atoms with Crippen LogP contribution in [-0.4, -0.2) is 11.2 Å². The van der Waals surface area contributed by atoms with E-state index in [1.807, 2.05) is 42.5 Å². The minimum atomic E-state index is 0.652. The van der Waals surface area contributed by atoms with E-state index in [9.17, 15) is 4.79 Å². The molecule has 0 aromatic heterocycles. The minimum absolute atomic E-state index is 0.652. The molecule has 0 bridgehead atoms. The number of thiocarbonyl (C=S) groups is 1. The molecule has 1 aromatic carbocycles. The smallest absolute Gasteiger partial charge is 0.151 e. The summed E-state index contributed by atoms with van der Waals surface area (Å²) in [6.07, 6.45) is 5.51. The summed E-state index contributed by atoms with van der Waals surface area (Å²) in [5, 5.41) is 0. The van der Waals surface area contributed by atoms with Gasteiger partial charge in [0.15, 0.2) is 6.29 Å². The maximum Gasteiger partial charge on any atom is 0.151 e. The lowest BCUT2D eigenvalue weighted by Crippen LogP contribution is -2.06. The topological polar surface area (TPSA) is 17.1 Å². The predicted octanol–water partition coefficient (Wildman–Crippen LogP) is 2.97. The summed E-state index contributed by atoms with van der Waals surface area (Å²) < 4.78 is 0. The fraction of sp³-hybridized carbons (Fsp3) is 0.0769. The van der Waals surface area contributed by atoms with Crippen molar-refractivity contribution in [2.75, 3.05) is 0 Å². The van der Waals surface area contributed by atoms with E-state index in [4.69, 9.17) is 12.2 Å². The van der Waals surface area contributed by atoms with Gasteiger partial charge in [0, 0.05) is 16.9 Å². The van der Waals surface area contributed by atoms with Crippen molar-refractivity contribution < 1.29 is 4.79 Å². The molecule has 1 aliphatic carbocycles. The van der Waals surface area contributed by atoms with Gasteiger partial charge in [0.05, 0.1) is 0 Å². The maximum absolute atomic E-state index is 11.0. The number of benzene rings is 1. The van der Waals surface area contributed by atoms with Crippen molar-refractivity contribution in [3.63, 3.8) is 0 Å². The molecule has 1 aromatic rings. The van der Waals surface area contributed by atoms with Crippen molar-refractivity contribution in [2.24, 2.45) is 0 Å². The third kappa shape index (κ3) is 1.95. The van der Waals surface area contributed by atoms with Crippen LogP contribution >= 0.6 is 12.2 Å². The van der Waals surface area contributed by atoms with Crippen LogP contribution in [0.2, 0.25) is 0 Å². The fourth-order valence-corrected chi connectivity index (χ4v) is 1.89.